The molecule has 1 saturated heterocycles. The van der Waals surface area contributed by atoms with Crippen LogP contribution in [0, 0.1) is 0 Å². The van der Waals surface area contributed by atoms with Crippen LogP contribution in [-0.2, 0) is 0 Å². The van der Waals surface area contributed by atoms with Crippen LogP contribution in [0.5, 0.6) is 5.88 Å². The SMILES string of the molecule is Cl.O=C(NCC(F)(F)F)Nc1cccc(-c2cnc3cc(-c4ccc(OC5CCNCC5)nn4)ccn23)c1. The number of carbonyl (C=O) groups is 1. The Bertz CT molecular complexity index is 1390. The van der Waals surface area contributed by atoms with Gasteiger partial charge in [-0.3, -0.25) is 4.40 Å². The van der Waals surface area contributed by atoms with Crippen molar-refractivity contribution in [2.45, 2.75) is 25.1 Å². The fraction of sp³-hybridized carbons (Fsp3) is 0.280. The monoisotopic (exact) mass is 547 g/mol. The number of alkyl halides is 3. The Balaban J connectivity index is 0.00000336. The zero-order valence-electron chi connectivity index (χ0n) is 20.0. The van der Waals surface area contributed by atoms with E-state index in [1.807, 2.05) is 40.9 Å². The summed E-state index contributed by atoms with van der Waals surface area (Å²) in [4.78, 5) is 16.3. The third kappa shape index (κ3) is 6.69. The molecule has 38 heavy (non-hydrogen) atoms. The number of nitrogens with zero attached hydrogens (tertiary/aromatic N) is 4. The van der Waals surface area contributed by atoms with Crippen LogP contribution in [0.2, 0.25) is 0 Å². The number of hydrogen-bond donors (Lipinski definition) is 3. The molecule has 5 rings (SSSR count). The predicted octanol–water partition coefficient (Wildman–Crippen LogP) is 4.69. The molecule has 0 aliphatic carbocycles. The second-order valence-electron chi connectivity index (χ2n) is 8.61. The molecule has 13 heteroatoms. The van der Waals surface area contributed by atoms with Gasteiger partial charge in [-0.15, -0.1) is 22.6 Å². The Morgan fingerprint density at radius 3 is 2.63 bits per heavy atom. The predicted molar refractivity (Wildman–Crippen MR) is 138 cm³/mol. The van der Waals surface area contributed by atoms with Crippen molar-refractivity contribution in [1.82, 2.24) is 30.2 Å². The van der Waals surface area contributed by atoms with E-state index < -0.39 is 18.8 Å². The summed E-state index contributed by atoms with van der Waals surface area (Å²) in [7, 11) is 0. The van der Waals surface area contributed by atoms with Gasteiger partial charge < -0.3 is 20.7 Å². The zero-order valence-corrected chi connectivity index (χ0v) is 20.9. The Morgan fingerprint density at radius 1 is 1.08 bits per heavy atom. The lowest BCUT2D eigenvalue weighted by atomic mass is 10.1. The molecular formula is C25H25ClF3N7O2. The molecule has 0 spiro atoms. The van der Waals surface area contributed by atoms with Gasteiger partial charge in [-0.05, 0) is 56.3 Å². The van der Waals surface area contributed by atoms with Gasteiger partial charge in [-0.2, -0.15) is 13.2 Å². The molecule has 4 aromatic rings. The summed E-state index contributed by atoms with van der Waals surface area (Å²) in [5.74, 6) is 0.500. The molecule has 0 bridgehead atoms. The van der Waals surface area contributed by atoms with E-state index in [0.29, 0.717) is 22.9 Å². The summed E-state index contributed by atoms with van der Waals surface area (Å²) >= 11 is 0. The van der Waals surface area contributed by atoms with Crippen LogP contribution in [0.3, 0.4) is 0 Å². The second kappa shape index (κ2) is 11.7. The summed E-state index contributed by atoms with van der Waals surface area (Å²) in [6, 6.07) is 13.3. The molecule has 0 unspecified atom stereocenters. The number of pyridine rings is 1. The number of benzene rings is 1. The average molecular weight is 548 g/mol. The number of nitrogens with one attached hydrogen (secondary N) is 3. The highest BCUT2D eigenvalue weighted by Gasteiger charge is 2.27. The van der Waals surface area contributed by atoms with Gasteiger partial charge in [0.25, 0.3) is 0 Å². The molecule has 1 aliphatic rings. The third-order valence-corrected chi connectivity index (χ3v) is 5.89. The number of aromatic nitrogens is 4. The lowest BCUT2D eigenvalue weighted by molar-refractivity contribution is -0.122. The summed E-state index contributed by atoms with van der Waals surface area (Å²) in [5, 5.41) is 16.0. The molecule has 1 aromatic carbocycles. The average Bonchev–Trinajstić information content (AvgIpc) is 3.32. The lowest BCUT2D eigenvalue weighted by Gasteiger charge is -2.22. The maximum Gasteiger partial charge on any atom is 0.405 e. The molecule has 2 amide bonds. The highest BCUT2D eigenvalue weighted by atomic mass is 35.5. The standard InChI is InChI=1S/C25H24F3N7O2.ClH/c26-25(27,28)15-31-24(36)32-18-3-1-2-17(12-18)21-14-30-22-13-16(8-11-35(21)22)20-4-5-23(34-33-20)37-19-6-9-29-10-7-19;/h1-5,8,11-14,19,29H,6-7,9-10,15H2,(H2,31,32,36);1H. The van der Waals surface area contributed by atoms with Gasteiger partial charge in [-0.1, -0.05) is 12.1 Å². The van der Waals surface area contributed by atoms with Gasteiger partial charge in [0.1, 0.15) is 18.3 Å². The smallest absolute Gasteiger partial charge is 0.405 e. The van der Waals surface area contributed by atoms with Gasteiger partial charge in [0.05, 0.1) is 17.6 Å². The first kappa shape index (κ1) is 27.1. The molecule has 0 radical (unpaired) electrons. The van der Waals surface area contributed by atoms with Gasteiger partial charge in [0.2, 0.25) is 5.88 Å². The normalized spacial score (nSPS) is 14.1. The number of amides is 2. The minimum absolute atomic E-state index is 0. The van der Waals surface area contributed by atoms with Crippen LogP contribution in [0.1, 0.15) is 12.8 Å². The number of ether oxygens (including phenoxy) is 1. The van der Waals surface area contributed by atoms with E-state index in [-0.39, 0.29) is 18.5 Å². The first-order valence-electron chi connectivity index (χ1n) is 11.7. The fourth-order valence-electron chi connectivity index (χ4n) is 4.09. The molecule has 9 nitrogen and oxygen atoms in total. The minimum atomic E-state index is -4.48. The Morgan fingerprint density at radius 2 is 1.89 bits per heavy atom. The van der Waals surface area contributed by atoms with Crippen LogP contribution in [0.25, 0.3) is 28.2 Å². The van der Waals surface area contributed by atoms with Gasteiger partial charge in [-0.25, -0.2) is 9.78 Å². The number of halogens is 4. The number of imidazole rings is 1. The largest absolute Gasteiger partial charge is 0.473 e. The highest BCUT2D eigenvalue weighted by molar-refractivity contribution is 5.90. The molecule has 1 fully saturated rings. The Hall–Kier alpha value is -3.90. The number of rotatable bonds is 6. The number of urea groups is 1. The maximum atomic E-state index is 12.3. The summed E-state index contributed by atoms with van der Waals surface area (Å²) in [5.41, 5.74) is 4.02. The van der Waals surface area contributed by atoms with Crippen LogP contribution in [0.15, 0.2) is 60.9 Å². The van der Waals surface area contributed by atoms with E-state index >= 15 is 0 Å². The molecule has 0 saturated carbocycles. The fourth-order valence-corrected chi connectivity index (χ4v) is 4.09. The highest BCUT2D eigenvalue weighted by Crippen LogP contribution is 2.27. The van der Waals surface area contributed by atoms with E-state index in [1.165, 1.54) is 0 Å². The molecule has 0 atom stereocenters. The van der Waals surface area contributed by atoms with Crippen molar-refractivity contribution in [3.63, 3.8) is 0 Å². The van der Waals surface area contributed by atoms with Crippen molar-refractivity contribution < 1.29 is 22.7 Å². The van der Waals surface area contributed by atoms with Gasteiger partial charge in [0.15, 0.2) is 0 Å². The lowest BCUT2D eigenvalue weighted by Crippen LogP contribution is -2.36. The van der Waals surface area contributed by atoms with Gasteiger partial charge in [0, 0.05) is 29.1 Å². The van der Waals surface area contributed by atoms with E-state index in [0.717, 1.165) is 42.8 Å². The first-order chi connectivity index (χ1) is 17.8. The van der Waals surface area contributed by atoms with Crippen LogP contribution >= 0.6 is 12.4 Å². The molecule has 1 aliphatic heterocycles. The summed E-state index contributed by atoms with van der Waals surface area (Å²) in [6.45, 7) is 0.452. The Labute approximate surface area is 222 Å². The van der Waals surface area contributed by atoms with Crippen molar-refractivity contribution >= 4 is 29.8 Å². The molecule has 4 heterocycles. The molecule has 3 aromatic heterocycles. The minimum Gasteiger partial charge on any atom is -0.473 e. The van der Waals surface area contributed by atoms with Crippen molar-refractivity contribution in [3.8, 4) is 28.4 Å². The van der Waals surface area contributed by atoms with Crippen molar-refractivity contribution in [2.75, 3.05) is 25.0 Å². The summed E-state index contributed by atoms with van der Waals surface area (Å²) < 4.78 is 44.8. The number of carbonyl (C=O) groups excluding carboxylic acids is 1. The molecular weight excluding hydrogens is 523 g/mol. The van der Waals surface area contributed by atoms with E-state index in [9.17, 15) is 18.0 Å². The van der Waals surface area contributed by atoms with Crippen molar-refractivity contribution in [3.05, 3.63) is 60.9 Å². The quantitative estimate of drug-likeness (QED) is 0.323. The maximum absolute atomic E-state index is 12.3. The van der Waals surface area contributed by atoms with E-state index in [4.69, 9.17) is 4.74 Å². The number of fused-ring (bicyclic) bond motifs is 1. The van der Waals surface area contributed by atoms with E-state index in [2.05, 4.69) is 25.8 Å². The number of anilines is 1. The van der Waals surface area contributed by atoms with E-state index in [1.54, 1.807) is 29.7 Å². The molecule has 3 N–H and O–H groups in total. The van der Waals surface area contributed by atoms with Crippen molar-refractivity contribution in [2.24, 2.45) is 0 Å². The topological polar surface area (TPSA) is 105 Å². The summed E-state index contributed by atoms with van der Waals surface area (Å²) in [6.07, 6.45) is 1.07. The second-order valence-corrected chi connectivity index (χ2v) is 8.61. The van der Waals surface area contributed by atoms with Crippen LogP contribution in [0.4, 0.5) is 23.7 Å². The van der Waals surface area contributed by atoms with Gasteiger partial charge >= 0.3 is 12.2 Å². The first-order valence-corrected chi connectivity index (χ1v) is 11.7. The van der Waals surface area contributed by atoms with Crippen molar-refractivity contribution in [1.29, 1.82) is 0 Å². The molecule has 200 valence electrons. The number of piperidine rings is 1. The van der Waals surface area contributed by atoms with Crippen LogP contribution < -0.4 is 20.7 Å². The zero-order chi connectivity index (χ0) is 25.8. The third-order valence-electron chi connectivity index (χ3n) is 5.89. The van der Waals surface area contributed by atoms with Crippen LogP contribution in [-0.4, -0.2) is 57.5 Å². The Kier molecular flexibility index (Phi) is 8.32. The number of hydrogen-bond acceptors (Lipinski definition) is 6.